The molecule has 1 heterocycles. The largest absolute Gasteiger partial charge is 0.481 e. The summed E-state index contributed by atoms with van der Waals surface area (Å²) in [6, 6.07) is 4.94. The number of carbonyl (C=O) groups excluding carboxylic acids is 9. The SMILES string of the molecule is CCC(CO)OC(CO)OC.CCC(CO)OC(COC(=O)CCCC(=O)O)OC.CCC(CO)OC(COC(=O)NCCC(=O)N[C@H](C(=O)OCCCNC(=O)[C@H](Cc1ccccc1)NC(=O)[C@H](C)[C@@H](OC)[C@@H]1CCCN1C(=O)C[C@@H](OC)[C@H]([C@@H](C)CC)N(C)C(=O)[C@@H](NC(=O)[C@H](C(C)C)N(C)C)C(C)C)C(C)C)OC. The molecule has 0 radical (unpaired) electrons. The van der Waals surface area contributed by atoms with Gasteiger partial charge in [-0.3, -0.25) is 43.3 Å². The van der Waals surface area contributed by atoms with Crippen molar-refractivity contribution in [3.05, 3.63) is 35.9 Å². The number of nitrogens with zero attached hydrogens (tertiary/aromatic N) is 3. The van der Waals surface area contributed by atoms with E-state index in [1.54, 1.807) is 37.6 Å². The number of nitrogens with one attached hydrogen (secondary N) is 5. The first-order chi connectivity index (χ1) is 53.1. The zero-order valence-electron chi connectivity index (χ0n) is 70.3. The van der Waals surface area contributed by atoms with Crippen LogP contribution in [0.4, 0.5) is 4.79 Å². The summed E-state index contributed by atoms with van der Waals surface area (Å²) in [4.78, 5) is 136. The minimum Gasteiger partial charge on any atom is -0.481 e. The summed E-state index contributed by atoms with van der Waals surface area (Å²) in [6.45, 7) is 21.9. The molecule has 0 bridgehead atoms. The Balaban J connectivity index is 0.00000340. The average molecular weight is 1610 g/mol. The lowest BCUT2D eigenvalue weighted by molar-refractivity contribution is -0.194. The highest BCUT2D eigenvalue weighted by atomic mass is 16.7. The normalized spacial score (nSPS) is 16.8. The van der Waals surface area contributed by atoms with Crippen molar-refractivity contribution in [2.45, 2.75) is 252 Å². The van der Waals surface area contributed by atoms with E-state index >= 15 is 0 Å². The second kappa shape index (κ2) is 59.8. The average Bonchev–Trinajstić information content (AvgIpc) is 1.60. The number of aliphatic hydroxyl groups excluding tert-OH is 4. The smallest absolute Gasteiger partial charge is 0.407 e. The van der Waals surface area contributed by atoms with Crippen LogP contribution in [-0.2, 0) is 102 Å². The van der Waals surface area contributed by atoms with E-state index in [0.717, 1.165) is 5.56 Å². The molecule has 2 rings (SSSR count). The number of carbonyl (C=O) groups is 10. The highest BCUT2D eigenvalue weighted by Crippen LogP contribution is 2.30. The van der Waals surface area contributed by atoms with Crippen molar-refractivity contribution in [3.8, 4) is 0 Å². The van der Waals surface area contributed by atoms with Gasteiger partial charge in [0, 0.05) is 87.9 Å². The molecule has 1 fully saturated rings. The quantitative estimate of drug-likeness (QED) is 0.0192. The van der Waals surface area contributed by atoms with Gasteiger partial charge in [0.1, 0.15) is 31.3 Å². The van der Waals surface area contributed by atoms with Crippen molar-refractivity contribution < 1.29 is 126 Å². The van der Waals surface area contributed by atoms with Crippen LogP contribution < -0.4 is 26.6 Å². The number of carboxylic acid groups (broad SMARTS) is 1. The van der Waals surface area contributed by atoms with Gasteiger partial charge >= 0.3 is 24.0 Å². The summed E-state index contributed by atoms with van der Waals surface area (Å²) in [7, 11) is 12.6. The fourth-order valence-corrected chi connectivity index (χ4v) is 12.2. The van der Waals surface area contributed by atoms with Crippen molar-refractivity contribution in [2.75, 3.05) is 123 Å². The van der Waals surface area contributed by atoms with Crippen molar-refractivity contribution in [3.63, 3.8) is 0 Å². The van der Waals surface area contributed by atoms with Crippen LogP contribution in [0.3, 0.4) is 0 Å². The molecule has 1 aliphatic heterocycles. The molecule has 34 nitrogen and oxygen atoms in total. The maximum atomic E-state index is 14.5. The van der Waals surface area contributed by atoms with Gasteiger partial charge in [0.05, 0.1) is 94.0 Å². The van der Waals surface area contributed by atoms with Gasteiger partial charge in [-0.2, -0.15) is 0 Å². The molecular formula is C78H140N8O26. The molecule has 0 saturated carbocycles. The Morgan fingerprint density at radius 2 is 1.12 bits per heavy atom. The third-order valence-electron chi connectivity index (χ3n) is 19.0. The molecule has 16 atom stereocenters. The van der Waals surface area contributed by atoms with Crippen LogP contribution in [0.5, 0.6) is 0 Å². The number of ether oxygens (including phenoxy) is 11. The number of aliphatic hydroxyl groups is 4. The lowest BCUT2D eigenvalue weighted by atomic mass is 9.89. The highest BCUT2D eigenvalue weighted by Gasteiger charge is 2.44. The first-order valence-electron chi connectivity index (χ1n) is 39.1. The predicted molar refractivity (Wildman–Crippen MR) is 415 cm³/mol. The first-order valence-corrected chi connectivity index (χ1v) is 39.1. The van der Waals surface area contributed by atoms with Crippen LogP contribution in [0.2, 0.25) is 0 Å². The molecule has 1 saturated heterocycles. The Hall–Kier alpha value is -6.80. The van der Waals surface area contributed by atoms with Gasteiger partial charge in [0.2, 0.25) is 35.4 Å². The Kier molecular flexibility index (Phi) is 56.2. The van der Waals surface area contributed by atoms with Crippen molar-refractivity contribution in [1.29, 1.82) is 0 Å². The van der Waals surface area contributed by atoms with Crippen LogP contribution in [0.1, 0.15) is 166 Å². The first kappa shape index (κ1) is 105. The second-order valence-electron chi connectivity index (χ2n) is 28.8. The van der Waals surface area contributed by atoms with E-state index in [0.29, 0.717) is 45.1 Å². The summed E-state index contributed by atoms with van der Waals surface area (Å²) in [5.41, 5.74) is 0.799. The third-order valence-corrected chi connectivity index (χ3v) is 19.0. The number of hydrogen-bond donors (Lipinski definition) is 10. The van der Waals surface area contributed by atoms with E-state index in [9.17, 15) is 53.1 Å². The van der Waals surface area contributed by atoms with Crippen LogP contribution in [0.25, 0.3) is 0 Å². The van der Waals surface area contributed by atoms with Gasteiger partial charge in [0.15, 0.2) is 18.9 Å². The fourth-order valence-electron chi connectivity index (χ4n) is 12.2. The lowest BCUT2D eigenvalue weighted by Crippen LogP contribution is -2.59. The van der Waals surface area contributed by atoms with E-state index in [-0.39, 0.29) is 158 Å². The molecule has 0 aromatic heterocycles. The van der Waals surface area contributed by atoms with Gasteiger partial charge in [-0.1, -0.05) is 120 Å². The number of likely N-dealkylation sites (tertiary alicyclic amines) is 1. The summed E-state index contributed by atoms with van der Waals surface area (Å²) < 4.78 is 58.5. The summed E-state index contributed by atoms with van der Waals surface area (Å²) in [6.07, 6.45) is -1.47. The fraction of sp³-hybridized carbons (Fsp3) is 0.795. The van der Waals surface area contributed by atoms with Gasteiger partial charge < -0.3 is 114 Å². The standard InChI is InChI=1S/C59H102N8O15.C12H22O7.C7H16O4/c1-17-39(9)52(66(13)57(74)49(36(3)4)64-56(73)51(38(7)8)65(11)12)45(77-14)33-47(70)67-30-22-26-44(67)53(79-16)40(10)54(71)62-43(32-41-24-20-19-21-25-41)55(72)60-28-23-31-80-58(75)50(37(5)6)63-46(69)27-29-61-59(76)81-35-48(78-15)82-42(18-2)34-68;1-3-9(7-13)19-12(17-2)8-18-11(16)6-4-5-10(14)15;1-3-6(4-8)11-7(5-9)10-2/h19-21,24-25,36-40,42-45,48-53,68H,17-18,22-23,26-35H2,1-16H3,(H,60,72)(H,61,76)(H,62,71)(H,63,69)(H,64,73);9,12-13H,3-8H2,1-2H3,(H,14,15);6-9H,3-5H2,1-2H3/t39-,40+,42?,43-,44-,45+,48?,49-,50-,51-,52-,53+;;/m0../s1. The molecule has 34 heteroatoms. The molecule has 112 heavy (non-hydrogen) atoms. The van der Waals surface area contributed by atoms with Crippen LogP contribution >= 0.6 is 0 Å². The number of benzene rings is 1. The summed E-state index contributed by atoms with van der Waals surface area (Å²) in [5.74, 6) is -5.76. The maximum Gasteiger partial charge on any atom is 0.407 e. The number of hydrogen-bond acceptors (Lipinski definition) is 26. The molecule has 1 aliphatic rings. The maximum absolute atomic E-state index is 14.5. The van der Waals surface area contributed by atoms with Crippen LogP contribution in [0.15, 0.2) is 30.3 Å². The molecule has 0 spiro atoms. The monoisotopic (exact) mass is 1600 g/mol. The molecule has 6 unspecified atom stereocenters. The van der Waals surface area contributed by atoms with E-state index in [4.69, 9.17) is 72.5 Å². The highest BCUT2D eigenvalue weighted by molar-refractivity contribution is 5.91. The zero-order chi connectivity index (χ0) is 85.2. The van der Waals surface area contributed by atoms with Crippen LogP contribution in [0, 0.1) is 29.6 Å². The number of likely N-dealkylation sites (N-methyl/N-ethyl adjacent to an activating group) is 2. The molecule has 1 aromatic rings. The minimum absolute atomic E-state index is 0.00309. The number of alkyl carbamates (subject to hydrolysis) is 1. The topological polar surface area (TPSA) is 443 Å². The second-order valence-corrected chi connectivity index (χ2v) is 28.8. The number of esters is 2. The van der Waals surface area contributed by atoms with E-state index in [1.165, 1.54) is 35.5 Å². The number of rotatable bonds is 55. The van der Waals surface area contributed by atoms with Crippen LogP contribution in [-0.4, -0.2) is 308 Å². The molecule has 648 valence electrons. The molecular weight excluding hydrogens is 1460 g/mol. The Bertz CT molecular complexity index is 2780. The van der Waals surface area contributed by atoms with Crippen molar-refractivity contribution in [1.82, 2.24) is 41.3 Å². The Morgan fingerprint density at radius 3 is 1.60 bits per heavy atom. The summed E-state index contributed by atoms with van der Waals surface area (Å²) >= 11 is 0. The summed E-state index contributed by atoms with van der Waals surface area (Å²) in [5, 5.41) is 58.0. The van der Waals surface area contributed by atoms with Gasteiger partial charge in [-0.25, -0.2) is 9.59 Å². The Labute approximate surface area is 664 Å². The van der Waals surface area contributed by atoms with Gasteiger partial charge in [0.25, 0.3) is 0 Å². The van der Waals surface area contributed by atoms with Crippen molar-refractivity contribution in [2.24, 2.45) is 29.6 Å². The van der Waals surface area contributed by atoms with Gasteiger partial charge in [-0.05, 0) is 88.3 Å². The van der Waals surface area contributed by atoms with E-state index < -0.39 is 121 Å². The third kappa shape index (κ3) is 40.5. The lowest BCUT2D eigenvalue weighted by Gasteiger charge is -2.41. The number of amides is 7. The Morgan fingerprint density at radius 1 is 0.571 bits per heavy atom. The minimum atomic E-state index is -1.01. The number of methoxy groups -OCH3 is 5. The zero-order valence-corrected chi connectivity index (χ0v) is 70.3. The molecule has 0 aliphatic carbocycles. The molecule has 10 N–H and O–H groups in total. The van der Waals surface area contributed by atoms with Crippen molar-refractivity contribution >= 4 is 59.4 Å². The predicted octanol–water partition coefficient (Wildman–Crippen LogP) is 3.71. The van der Waals surface area contributed by atoms with E-state index in [1.807, 2.05) is 112 Å². The molecule has 7 amide bonds. The number of carboxylic acids is 1. The van der Waals surface area contributed by atoms with Gasteiger partial charge in [-0.15, -0.1) is 0 Å². The number of aliphatic carboxylic acids is 1. The van der Waals surface area contributed by atoms with E-state index in [2.05, 4.69) is 26.6 Å². The molecule has 1 aromatic carbocycles.